The van der Waals surface area contributed by atoms with Crippen molar-refractivity contribution in [2.75, 3.05) is 0 Å². The van der Waals surface area contributed by atoms with E-state index in [2.05, 4.69) is 24.3 Å². The summed E-state index contributed by atoms with van der Waals surface area (Å²) in [6.07, 6.45) is 20.8. The van der Waals surface area contributed by atoms with Gasteiger partial charge in [0.25, 0.3) is 60.1 Å². The number of ketones is 2. The maximum absolute atomic E-state index is 12.0. The highest BCUT2D eigenvalue weighted by molar-refractivity contribution is 8.12. The van der Waals surface area contributed by atoms with E-state index in [0.717, 1.165) is 50.7 Å². The highest BCUT2D eigenvalue weighted by Gasteiger charge is 2.51. The molecule has 63 heavy (non-hydrogen) atoms. The highest BCUT2D eigenvalue weighted by atomic mass is 32.3. The van der Waals surface area contributed by atoms with E-state index in [1.807, 2.05) is 12.2 Å². The average molecular weight is 992 g/mol. The summed E-state index contributed by atoms with van der Waals surface area (Å²) < 4.78 is 145. The van der Waals surface area contributed by atoms with Gasteiger partial charge in [0.05, 0.1) is 0 Å². The normalized spacial score (nSPS) is 28.5. The second-order valence-electron chi connectivity index (χ2n) is 15.5. The lowest BCUT2D eigenvalue weighted by Gasteiger charge is -2.39. The summed E-state index contributed by atoms with van der Waals surface area (Å²) in [5.41, 5.74) is 1.48. The Morgan fingerprint density at radius 2 is 0.714 bits per heavy atom. The first-order valence-corrected chi connectivity index (χ1v) is 27.7. The summed E-state index contributed by atoms with van der Waals surface area (Å²) in [4.78, 5) is 17.4. The first-order chi connectivity index (χ1) is 29.2. The second kappa shape index (κ2) is 14.9. The molecule has 3 heterocycles. The Labute approximate surface area is 362 Å². The van der Waals surface area contributed by atoms with Gasteiger partial charge >= 0.3 is 0 Å². The zero-order chi connectivity index (χ0) is 46.0. The van der Waals surface area contributed by atoms with Crippen LogP contribution in [0.2, 0.25) is 0 Å². The number of rotatable bonds is 0. The largest absolute Gasteiger partial charge is 0.506 e. The third kappa shape index (κ3) is 7.16. The molecule has 11 aliphatic rings. The summed E-state index contributed by atoms with van der Waals surface area (Å²) in [5, 5.41) is 41.4. The van der Waals surface area contributed by atoms with Gasteiger partial charge in [0, 0.05) is 35.5 Å². The van der Waals surface area contributed by atoms with Gasteiger partial charge in [0.2, 0.25) is 0 Å². The number of benzene rings is 2. The standard InChI is InChI=1S/C12H13NO6S2.C12H11NO6S2.C6H3NO6S2.C6H8.H2/c2*14-9-7-5-1-2-6(4-3-5)8(7)10(15)12-11(9)20(16,17)13-21(12,18)19;8-3-1-2-4(9)6-5(3)14(10,11)7-15(6,12)13;1-2-4-6-5-3-1;/h5-6,13-15H,1-4H2;1-2,5-6,13-15H,3-4H2;1-2,7H;1-4H,5-6H2;1H. The van der Waals surface area contributed by atoms with Crippen molar-refractivity contribution >= 4 is 71.7 Å². The van der Waals surface area contributed by atoms with Crippen molar-refractivity contribution in [1.29, 1.82) is 0 Å². The minimum Gasteiger partial charge on any atom is -0.506 e. The molecule has 2 unspecified atom stereocenters. The minimum atomic E-state index is -4.42. The van der Waals surface area contributed by atoms with E-state index in [0.29, 0.717) is 22.3 Å². The van der Waals surface area contributed by atoms with Crippen LogP contribution in [0.4, 0.5) is 0 Å². The predicted molar refractivity (Wildman–Crippen MR) is 219 cm³/mol. The molecule has 0 spiro atoms. The van der Waals surface area contributed by atoms with Crippen LogP contribution in [-0.4, -0.2) is 82.5 Å². The quantitative estimate of drug-likeness (QED) is 0.112. The van der Waals surface area contributed by atoms with Crippen molar-refractivity contribution in [2.45, 2.75) is 94.6 Å². The van der Waals surface area contributed by atoms with Crippen LogP contribution in [0, 0.1) is 0 Å². The van der Waals surface area contributed by atoms with E-state index >= 15 is 0 Å². The topological polar surface area (TPSA) is 356 Å². The highest BCUT2D eigenvalue weighted by Crippen LogP contribution is 2.60. The smallest absolute Gasteiger partial charge is 0.259 e. The first kappa shape index (κ1) is 44.9. The zero-order valence-electron chi connectivity index (χ0n) is 32.0. The molecular weight excluding hydrogens is 955 g/mol. The van der Waals surface area contributed by atoms with E-state index in [1.54, 1.807) is 0 Å². The number of sulfonamides is 6. The van der Waals surface area contributed by atoms with Crippen LogP contribution in [0.5, 0.6) is 23.0 Å². The number of carbonyl (C=O) groups is 2. The first-order valence-electron chi connectivity index (χ1n) is 18.8. The molecule has 3 aliphatic heterocycles. The molecule has 0 saturated heterocycles. The molecule has 0 amide bonds. The molecule has 7 N–H and O–H groups in total. The lowest BCUT2D eigenvalue weighted by Crippen LogP contribution is -2.24. The van der Waals surface area contributed by atoms with Crippen LogP contribution in [-0.2, 0) is 69.7 Å². The van der Waals surface area contributed by atoms with Crippen LogP contribution in [0.15, 0.2) is 78.0 Å². The molecule has 2 atom stereocenters. The summed E-state index contributed by atoms with van der Waals surface area (Å²) in [6, 6.07) is 0. The number of phenols is 4. The Hall–Kier alpha value is -4.74. The molecule has 340 valence electrons. The van der Waals surface area contributed by atoms with Gasteiger partial charge in [0.1, 0.15) is 42.6 Å². The van der Waals surface area contributed by atoms with Gasteiger partial charge in [-0.2, -0.15) is 0 Å². The van der Waals surface area contributed by atoms with Gasteiger partial charge in [-0.3, -0.25) is 9.59 Å². The molecule has 1 fully saturated rings. The lowest BCUT2D eigenvalue weighted by molar-refractivity contribution is -0.114. The number of carbonyl (C=O) groups excluding carboxylic acids is 2. The maximum Gasteiger partial charge on any atom is 0.259 e. The fourth-order valence-corrected chi connectivity index (χ4v) is 20.9. The van der Waals surface area contributed by atoms with E-state index in [-0.39, 0.29) is 25.1 Å². The van der Waals surface area contributed by atoms with E-state index in [1.165, 1.54) is 25.2 Å². The number of hydrogen-bond donors (Lipinski definition) is 7. The molecule has 27 heteroatoms. The van der Waals surface area contributed by atoms with Gasteiger partial charge in [-0.25, -0.2) is 50.5 Å². The van der Waals surface area contributed by atoms with Crippen LogP contribution in [0.25, 0.3) is 0 Å². The van der Waals surface area contributed by atoms with Crippen LogP contribution < -0.4 is 12.4 Å². The predicted octanol–water partition coefficient (Wildman–Crippen LogP) is 1.75. The monoisotopic (exact) mass is 991 g/mol. The molecule has 8 aliphatic carbocycles. The van der Waals surface area contributed by atoms with Crippen molar-refractivity contribution in [2.24, 2.45) is 0 Å². The fraction of sp³-hybridized carbons (Fsp3) is 0.333. The van der Waals surface area contributed by atoms with Gasteiger partial charge in [-0.15, -0.1) is 12.4 Å². The minimum absolute atomic E-state index is 0. The Morgan fingerprint density at radius 1 is 0.429 bits per heavy atom. The molecule has 21 nitrogen and oxygen atoms in total. The number of nitrogens with one attached hydrogen (secondary N) is 3. The van der Waals surface area contributed by atoms with Crippen LogP contribution in [0.1, 0.15) is 98.7 Å². The second-order valence-corrected chi connectivity index (χ2v) is 26.0. The number of allylic oxidation sites excluding steroid dienone is 10. The Bertz CT molecular complexity index is 3130. The van der Waals surface area contributed by atoms with Crippen molar-refractivity contribution < 1.29 is 81.9 Å². The molecule has 2 aromatic rings. The number of aromatic hydroxyl groups is 4. The summed E-state index contributed by atoms with van der Waals surface area (Å²) in [7, 11) is -26.3. The van der Waals surface area contributed by atoms with Crippen molar-refractivity contribution in [3.63, 3.8) is 0 Å². The summed E-state index contributed by atoms with van der Waals surface area (Å²) in [6.45, 7) is 0. The molecule has 4 bridgehead atoms. The van der Waals surface area contributed by atoms with Gasteiger partial charge < -0.3 is 20.4 Å². The van der Waals surface area contributed by atoms with E-state index in [9.17, 15) is 80.5 Å². The van der Waals surface area contributed by atoms with Crippen LogP contribution in [0.3, 0.4) is 0 Å². The third-order valence-corrected chi connectivity index (χ3v) is 23.0. The zero-order valence-corrected chi connectivity index (χ0v) is 36.9. The van der Waals surface area contributed by atoms with Crippen molar-refractivity contribution in [1.82, 2.24) is 12.4 Å². The SMILES string of the molecule is C1=CCCC=C1.O=C1C=CC(=O)C2=C1S(=O)(=O)NS2(=O)=O.O=S1(=O)NS(=O)(=O)c2c(O)c3c(c(O)c21)C1C=CC3CC1.O=S1(=O)NS(=O)(=O)c2c(O)c3c(c(O)c21)C1CCC3CC1.[HH]. The van der Waals surface area contributed by atoms with Gasteiger partial charge in [-0.05, 0) is 75.4 Å². The Balaban J connectivity index is 0.000000135. The van der Waals surface area contributed by atoms with E-state index in [4.69, 9.17) is 0 Å². The molecule has 0 radical (unpaired) electrons. The summed E-state index contributed by atoms with van der Waals surface area (Å²) in [5.74, 6) is -4.66. The molecule has 0 aromatic heterocycles. The fourth-order valence-electron chi connectivity index (χ4n) is 9.24. The van der Waals surface area contributed by atoms with Gasteiger partial charge in [-0.1, -0.05) is 36.5 Å². The average Bonchev–Trinajstić information content (AvgIpc) is 3.66. The Morgan fingerprint density at radius 3 is 0.984 bits per heavy atom. The number of hydrogen-bond acceptors (Lipinski definition) is 18. The van der Waals surface area contributed by atoms with Crippen molar-refractivity contribution in [3.05, 3.63) is 80.7 Å². The molecule has 13 rings (SSSR count). The Kier molecular flexibility index (Phi) is 10.6. The van der Waals surface area contributed by atoms with Gasteiger partial charge in [0.15, 0.2) is 21.4 Å². The van der Waals surface area contributed by atoms with E-state index < -0.39 is 124 Å². The summed E-state index contributed by atoms with van der Waals surface area (Å²) >= 11 is 0. The number of fused-ring (bicyclic) bond motifs is 5. The third-order valence-electron chi connectivity index (χ3n) is 11.7. The maximum atomic E-state index is 12.0. The molecule has 2 aromatic carbocycles. The molecule has 1 saturated carbocycles. The number of phenolic OH excluding ortho intramolecular Hbond substituents is 4. The lowest BCUT2D eigenvalue weighted by atomic mass is 9.66. The van der Waals surface area contributed by atoms with Crippen molar-refractivity contribution in [3.8, 4) is 23.0 Å². The molecular formula is C36H37N3O18S6. The van der Waals surface area contributed by atoms with Crippen LogP contribution >= 0.6 is 0 Å².